The first-order valence-corrected chi connectivity index (χ1v) is 11.8. The fourth-order valence-corrected chi connectivity index (χ4v) is 4.50. The smallest absolute Gasteiger partial charge is 0.252 e. The zero-order chi connectivity index (χ0) is 25.8. The number of H-pyrrole nitrogens is 1. The molecule has 2 heterocycles. The van der Waals surface area contributed by atoms with Crippen molar-refractivity contribution >= 4 is 27.6 Å². The number of ether oxygens (including phenoxy) is 3. The molecule has 2 N–H and O–H groups in total. The Morgan fingerprint density at radius 1 is 1.00 bits per heavy atom. The highest BCUT2D eigenvalue weighted by atomic mass is 16.5. The third-order valence-corrected chi connectivity index (χ3v) is 6.35. The maximum atomic E-state index is 13.2. The van der Waals surface area contributed by atoms with Gasteiger partial charge in [-0.05, 0) is 67.1 Å². The molecule has 0 unspecified atom stereocenters. The number of nitrogens with zero attached hydrogens (tertiary/aromatic N) is 1. The van der Waals surface area contributed by atoms with Crippen LogP contribution in [0.15, 0.2) is 41.2 Å². The van der Waals surface area contributed by atoms with E-state index in [0.717, 1.165) is 50.8 Å². The maximum Gasteiger partial charge on any atom is 0.252 e. The Kier molecular flexibility index (Phi) is 8.76. The van der Waals surface area contributed by atoms with Gasteiger partial charge in [0.1, 0.15) is 5.75 Å². The maximum absolute atomic E-state index is 13.2. The first kappa shape index (κ1) is 27.5. The molecule has 0 aliphatic rings. The van der Waals surface area contributed by atoms with Crippen LogP contribution in [0.3, 0.4) is 0 Å². The molecule has 37 heavy (non-hydrogen) atoms. The standard InChI is InChI=1S/C28H31N3O5.CH4/c1-16-21-14-26(35-4)27(36-5)15-22(21)23(28(33)30-16)13-19-11-18-12-20(34-3)8-9-25(18)31-24(19)7-6-10-29-17(2)32;/h8-9,11-12,14-15H,6-7,10,13H2,1-5H3,(H,29,32)(H,30,33);1H4. The zero-order valence-electron chi connectivity index (χ0n) is 21.3. The van der Waals surface area contributed by atoms with Gasteiger partial charge in [0.05, 0.1) is 26.8 Å². The Morgan fingerprint density at radius 2 is 1.70 bits per heavy atom. The number of hydrogen-bond donors (Lipinski definition) is 2. The number of amides is 1. The van der Waals surface area contributed by atoms with Crippen LogP contribution in [0.4, 0.5) is 0 Å². The second-order valence-corrected chi connectivity index (χ2v) is 8.73. The van der Waals surface area contributed by atoms with Crippen LogP contribution in [-0.2, 0) is 17.6 Å². The number of aromatic nitrogens is 2. The molecule has 8 heteroatoms. The molecule has 0 fully saturated rings. The number of aromatic amines is 1. The van der Waals surface area contributed by atoms with E-state index < -0.39 is 0 Å². The SMILES string of the molecule is C.COc1ccc2nc(CCCNC(C)=O)c(Cc3c(=O)[nH]c(C)c4cc(OC)c(OC)cc34)cc2c1. The molecule has 4 rings (SSSR count). The molecule has 0 saturated heterocycles. The number of pyridine rings is 2. The van der Waals surface area contributed by atoms with Crippen molar-refractivity contribution < 1.29 is 19.0 Å². The molecule has 196 valence electrons. The van der Waals surface area contributed by atoms with Crippen molar-refractivity contribution in [2.24, 2.45) is 0 Å². The van der Waals surface area contributed by atoms with Crippen LogP contribution >= 0.6 is 0 Å². The molecular formula is C29H35N3O5. The molecule has 2 aromatic heterocycles. The van der Waals surface area contributed by atoms with E-state index in [1.165, 1.54) is 6.92 Å². The molecule has 0 radical (unpaired) electrons. The third kappa shape index (κ3) is 5.85. The molecule has 0 bridgehead atoms. The van der Waals surface area contributed by atoms with Gasteiger partial charge < -0.3 is 24.5 Å². The van der Waals surface area contributed by atoms with Crippen molar-refractivity contribution in [3.05, 3.63) is 69.3 Å². The third-order valence-electron chi connectivity index (χ3n) is 6.35. The average molecular weight is 506 g/mol. The normalized spacial score (nSPS) is 10.7. The number of carbonyl (C=O) groups is 1. The summed E-state index contributed by atoms with van der Waals surface area (Å²) in [5.74, 6) is 1.84. The molecule has 0 spiro atoms. The van der Waals surface area contributed by atoms with E-state index in [4.69, 9.17) is 19.2 Å². The van der Waals surface area contributed by atoms with Gasteiger partial charge in [-0.15, -0.1) is 0 Å². The average Bonchev–Trinajstić information content (AvgIpc) is 2.87. The lowest BCUT2D eigenvalue weighted by atomic mass is 9.95. The molecule has 0 atom stereocenters. The second kappa shape index (κ2) is 11.8. The molecule has 1 amide bonds. The van der Waals surface area contributed by atoms with Gasteiger partial charge >= 0.3 is 0 Å². The topological polar surface area (TPSA) is 103 Å². The van der Waals surface area contributed by atoms with Gasteiger partial charge in [-0.3, -0.25) is 14.6 Å². The second-order valence-electron chi connectivity index (χ2n) is 8.73. The number of fused-ring (bicyclic) bond motifs is 2. The zero-order valence-corrected chi connectivity index (χ0v) is 21.3. The van der Waals surface area contributed by atoms with Crippen LogP contribution in [0.5, 0.6) is 17.2 Å². The fraction of sp³-hybridized carbons (Fsp3) is 0.345. The van der Waals surface area contributed by atoms with Gasteiger partial charge in [0, 0.05) is 47.6 Å². The van der Waals surface area contributed by atoms with Crippen LogP contribution in [-0.4, -0.2) is 43.7 Å². The molecule has 8 nitrogen and oxygen atoms in total. The largest absolute Gasteiger partial charge is 0.497 e. The summed E-state index contributed by atoms with van der Waals surface area (Å²) in [4.78, 5) is 32.4. The van der Waals surface area contributed by atoms with Gasteiger partial charge in [0.25, 0.3) is 5.56 Å². The molecule has 2 aromatic carbocycles. The van der Waals surface area contributed by atoms with E-state index in [1.54, 1.807) is 21.3 Å². The van der Waals surface area contributed by atoms with Crippen LogP contribution in [0, 0.1) is 6.92 Å². The number of methoxy groups -OCH3 is 3. The lowest BCUT2D eigenvalue weighted by molar-refractivity contribution is -0.118. The van der Waals surface area contributed by atoms with Gasteiger partial charge in [0.15, 0.2) is 11.5 Å². The number of aryl methyl sites for hydroxylation is 2. The first-order valence-electron chi connectivity index (χ1n) is 11.8. The summed E-state index contributed by atoms with van der Waals surface area (Å²) in [5, 5.41) is 5.47. The summed E-state index contributed by atoms with van der Waals surface area (Å²) < 4.78 is 16.4. The summed E-state index contributed by atoms with van der Waals surface area (Å²) in [5.41, 5.74) is 3.93. The highest BCUT2D eigenvalue weighted by Gasteiger charge is 2.17. The molecule has 4 aromatic rings. The van der Waals surface area contributed by atoms with Gasteiger partial charge in [-0.2, -0.15) is 0 Å². The number of benzene rings is 2. The van der Waals surface area contributed by atoms with Crippen LogP contribution in [0.25, 0.3) is 21.7 Å². The van der Waals surface area contributed by atoms with E-state index in [0.29, 0.717) is 36.4 Å². The highest BCUT2D eigenvalue weighted by Crippen LogP contribution is 2.35. The van der Waals surface area contributed by atoms with Crippen molar-refractivity contribution in [3.63, 3.8) is 0 Å². The van der Waals surface area contributed by atoms with Crippen molar-refractivity contribution in [1.29, 1.82) is 0 Å². The van der Waals surface area contributed by atoms with Crippen LogP contribution in [0.1, 0.15) is 43.3 Å². The number of carbonyl (C=O) groups excluding carboxylic acids is 1. The lowest BCUT2D eigenvalue weighted by Gasteiger charge is -2.15. The van der Waals surface area contributed by atoms with Gasteiger partial charge in [-0.1, -0.05) is 7.43 Å². The van der Waals surface area contributed by atoms with E-state index >= 15 is 0 Å². The van der Waals surface area contributed by atoms with E-state index in [2.05, 4.69) is 16.4 Å². The Labute approximate surface area is 217 Å². The predicted molar refractivity (Wildman–Crippen MR) is 147 cm³/mol. The summed E-state index contributed by atoms with van der Waals surface area (Å²) in [6.45, 7) is 3.93. The van der Waals surface area contributed by atoms with E-state index in [1.807, 2.05) is 37.3 Å². The quantitative estimate of drug-likeness (QED) is 0.320. The van der Waals surface area contributed by atoms with E-state index in [-0.39, 0.29) is 18.9 Å². The Hall–Kier alpha value is -4.07. The van der Waals surface area contributed by atoms with Gasteiger partial charge in [-0.25, -0.2) is 0 Å². The van der Waals surface area contributed by atoms with Crippen molar-refractivity contribution in [3.8, 4) is 17.2 Å². The summed E-state index contributed by atoms with van der Waals surface area (Å²) in [6, 6.07) is 11.6. The fourth-order valence-electron chi connectivity index (χ4n) is 4.50. The molecular weight excluding hydrogens is 470 g/mol. The van der Waals surface area contributed by atoms with Crippen molar-refractivity contribution in [1.82, 2.24) is 15.3 Å². The molecule has 0 aliphatic carbocycles. The summed E-state index contributed by atoms with van der Waals surface area (Å²) in [6.07, 6.45) is 1.78. The minimum absolute atomic E-state index is 0. The van der Waals surface area contributed by atoms with Gasteiger partial charge in [0.2, 0.25) is 5.91 Å². The van der Waals surface area contributed by atoms with Crippen LogP contribution < -0.4 is 25.1 Å². The Morgan fingerprint density at radius 3 is 2.35 bits per heavy atom. The van der Waals surface area contributed by atoms with Crippen LogP contribution in [0.2, 0.25) is 0 Å². The predicted octanol–water partition coefficient (Wildman–Crippen LogP) is 4.71. The summed E-state index contributed by atoms with van der Waals surface area (Å²) in [7, 11) is 4.80. The minimum Gasteiger partial charge on any atom is -0.497 e. The summed E-state index contributed by atoms with van der Waals surface area (Å²) >= 11 is 0. The number of nitrogens with one attached hydrogen (secondary N) is 2. The first-order chi connectivity index (χ1) is 17.3. The molecule has 0 saturated carbocycles. The van der Waals surface area contributed by atoms with Crippen molar-refractivity contribution in [2.75, 3.05) is 27.9 Å². The van der Waals surface area contributed by atoms with Crippen molar-refractivity contribution in [2.45, 2.75) is 40.5 Å². The Balaban J connectivity index is 0.00000380. The monoisotopic (exact) mass is 505 g/mol. The highest BCUT2D eigenvalue weighted by molar-refractivity contribution is 5.91. The lowest BCUT2D eigenvalue weighted by Crippen LogP contribution is -2.21. The van der Waals surface area contributed by atoms with E-state index in [9.17, 15) is 9.59 Å². The number of rotatable bonds is 9. The Bertz CT molecular complexity index is 1490. The molecule has 0 aliphatic heterocycles. The minimum atomic E-state index is -0.151. The number of hydrogen-bond acceptors (Lipinski definition) is 6.